The molecular formula is C29H22S2. The summed E-state index contributed by atoms with van der Waals surface area (Å²) in [5, 5.41) is 4.42. The summed E-state index contributed by atoms with van der Waals surface area (Å²) in [5.41, 5.74) is 4.95. The van der Waals surface area contributed by atoms with Gasteiger partial charge in [-0.2, -0.15) is 0 Å². The second kappa shape index (κ2) is 8.89. The largest absolute Gasteiger partial charge is 0.143 e. The molecule has 0 saturated carbocycles. The monoisotopic (exact) mass is 434 g/mol. The Hall–Kier alpha value is -3.20. The number of hydrogen-bond acceptors (Lipinski definition) is 2. The van der Waals surface area contributed by atoms with Crippen molar-refractivity contribution in [3.63, 3.8) is 0 Å². The second-order valence-corrected chi connectivity index (χ2v) is 9.29. The molecular weight excluding hydrogens is 412 g/mol. The standard InChI is InChI=1S/C29H22S2/c1-3-11-23(12-4-1)15-7-9-19-29(20-10-8-16-24-13-5-2-6-14-24)25-17-21-30-27(25)28-26(29)18-22-31-28/h1-22H. The quantitative estimate of drug-likeness (QED) is 0.266. The molecule has 0 unspecified atom stereocenters. The third-order valence-electron chi connectivity index (χ3n) is 5.54. The molecule has 5 rings (SSSR count). The summed E-state index contributed by atoms with van der Waals surface area (Å²) in [4.78, 5) is 2.80. The lowest BCUT2D eigenvalue weighted by molar-refractivity contribution is 0.849. The first-order valence-electron chi connectivity index (χ1n) is 10.3. The molecule has 0 saturated heterocycles. The van der Waals surface area contributed by atoms with Crippen LogP contribution in [0.3, 0.4) is 0 Å². The van der Waals surface area contributed by atoms with Gasteiger partial charge in [0.15, 0.2) is 0 Å². The highest BCUT2D eigenvalue weighted by Crippen LogP contribution is 2.55. The Bertz CT molecular complexity index is 1160. The molecule has 2 heterocycles. The Morgan fingerprint density at radius 3 is 1.42 bits per heavy atom. The minimum absolute atomic E-state index is 0.229. The van der Waals surface area contributed by atoms with Crippen LogP contribution in [0.2, 0.25) is 0 Å². The van der Waals surface area contributed by atoms with E-state index < -0.39 is 0 Å². The van der Waals surface area contributed by atoms with Crippen molar-refractivity contribution >= 4 is 34.8 Å². The van der Waals surface area contributed by atoms with E-state index in [1.165, 1.54) is 32.0 Å². The highest BCUT2D eigenvalue weighted by atomic mass is 32.1. The molecule has 0 N–H and O–H groups in total. The van der Waals surface area contributed by atoms with Gasteiger partial charge in [-0.3, -0.25) is 0 Å². The second-order valence-electron chi connectivity index (χ2n) is 7.45. The van der Waals surface area contributed by atoms with E-state index >= 15 is 0 Å². The molecule has 1 aliphatic carbocycles. The molecule has 0 radical (unpaired) electrons. The van der Waals surface area contributed by atoms with Crippen LogP contribution in [0.25, 0.3) is 21.9 Å². The first-order chi connectivity index (χ1) is 15.4. The Kier molecular flexibility index (Phi) is 5.66. The van der Waals surface area contributed by atoms with E-state index in [0.29, 0.717) is 0 Å². The molecule has 0 bridgehead atoms. The molecule has 0 nitrogen and oxygen atoms in total. The first kappa shape index (κ1) is 19.7. The zero-order valence-electron chi connectivity index (χ0n) is 17.0. The number of allylic oxidation sites excluding steroid dienone is 6. The van der Waals surface area contributed by atoms with Crippen LogP contribution in [0, 0.1) is 0 Å². The lowest BCUT2D eigenvalue weighted by Gasteiger charge is -2.23. The van der Waals surface area contributed by atoms with Gasteiger partial charge in [-0.15, -0.1) is 22.7 Å². The van der Waals surface area contributed by atoms with Crippen LogP contribution < -0.4 is 0 Å². The fourth-order valence-corrected chi connectivity index (χ4v) is 6.19. The van der Waals surface area contributed by atoms with Crippen molar-refractivity contribution < 1.29 is 0 Å². The van der Waals surface area contributed by atoms with Crippen LogP contribution in [0.15, 0.2) is 120 Å². The Balaban J connectivity index is 1.50. The van der Waals surface area contributed by atoms with Crippen molar-refractivity contribution in [1.82, 2.24) is 0 Å². The van der Waals surface area contributed by atoms with Crippen LogP contribution in [0.1, 0.15) is 22.3 Å². The maximum Gasteiger partial charge on any atom is 0.0598 e. The van der Waals surface area contributed by atoms with E-state index in [-0.39, 0.29) is 5.41 Å². The summed E-state index contributed by atoms with van der Waals surface area (Å²) in [6.45, 7) is 0. The van der Waals surface area contributed by atoms with Crippen LogP contribution in [-0.2, 0) is 5.41 Å². The van der Waals surface area contributed by atoms with Gasteiger partial charge in [0.25, 0.3) is 0 Å². The summed E-state index contributed by atoms with van der Waals surface area (Å²) < 4.78 is 0. The molecule has 0 amide bonds. The number of benzene rings is 2. The Morgan fingerprint density at radius 2 is 0.968 bits per heavy atom. The fourth-order valence-electron chi connectivity index (χ4n) is 4.06. The summed E-state index contributed by atoms with van der Waals surface area (Å²) >= 11 is 3.68. The summed E-state index contributed by atoms with van der Waals surface area (Å²) in [6, 6.07) is 25.4. The van der Waals surface area contributed by atoms with Gasteiger partial charge in [-0.1, -0.05) is 109 Å². The van der Waals surface area contributed by atoms with Gasteiger partial charge in [0.2, 0.25) is 0 Å². The van der Waals surface area contributed by atoms with Crippen molar-refractivity contribution in [3.05, 3.63) is 142 Å². The van der Waals surface area contributed by atoms with Gasteiger partial charge >= 0.3 is 0 Å². The lowest BCUT2D eigenvalue weighted by atomic mass is 9.78. The lowest BCUT2D eigenvalue weighted by Crippen LogP contribution is -2.18. The molecule has 4 aromatic rings. The molecule has 0 spiro atoms. The third kappa shape index (κ3) is 3.93. The smallest absolute Gasteiger partial charge is 0.0598 e. The van der Waals surface area contributed by atoms with E-state index in [1.54, 1.807) is 0 Å². The summed E-state index contributed by atoms with van der Waals surface area (Å²) in [6.07, 6.45) is 17.6. The molecule has 2 aromatic heterocycles. The van der Waals surface area contributed by atoms with Crippen molar-refractivity contribution in [2.24, 2.45) is 0 Å². The first-order valence-corrected chi connectivity index (χ1v) is 12.1. The van der Waals surface area contributed by atoms with Crippen LogP contribution in [0.4, 0.5) is 0 Å². The normalized spacial score (nSPS) is 14.8. The van der Waals surface area contributed by atoms with E-state index in [9.17, 15) is 0 Å². The van der Waals surface area contributed by atoms with E-state index in [2.05, 4.69) is 120 Å². The van der Waals surface area contributed by atoms with Crippen LogP contribution in [0.5, 0.6) is 0 Å². The van der Waals surface area contributed by atoms with Crippen molar-refractivity contribution in [2.75, 3.05) is 0 Å². The Morgan fingerprint density at radius 1 is 0.516 bits per heavy atom. The molecule has 0 aliphatic heterocycles. The predicted molar refractivity (Wildman–Crippen MR) is 138 cm³/mol. The summed E-state index contributed by atoms with van der Waals surface area (Å²) in [5.74, 6) is 0. The van der Waals surface area contributed by atoms with Crippen molar-refractivity contribution in [2.45, 2.75) is 5.41 Å². The van der Waals surface area contributed by atoms with Gasteiger partial charge in [0, 0.05) is 9.75 Å². The highest BCUT2D eigenvalue weighted by molar-refractivity contribution is 7.21. The number of hydrogen-bond donors (Lipinski definition) is 0. The number of rotatable bonds is 6. The number of fused-ring (bicyclic) bond motifs is 3. The van der Waals surface area contributed by atoms with Gasteiger partial charge in [0.05, 0.1) is 5.41 Å². The van der Waals surface area contributed by atoms with Gasteiger partial charge in [-0.05, 0) is 45.1 Å². The highest BCUT2D eigenvalue weighted by Gasteiger charge is 2.41. The Labute approximate surface area is 191 Å². The molecule has 31 heavy (non-hydrogen) atoms. The summed E-state index contributed by atoms with van der Waals surface area (Å²) in [7, 11) is 0. The number of thiophene rings is 2. The average molecular weight is 435 g/mol. The molecule has 0 fully saturated rings. The van der Waals surface area contributed by atoms with Crippen LogP contribution in [-0.4, -0.2) is 0 Å². The third-order valence-corrected chi connectivity index (χ3v) is 7.54. The molecule has 2 heteroatoms. The zero-order valence-corrected chi connectivity index (χ0v) is 18.7. The maximum atomic E-state index is 2.34. The minimum atomic E-state index is -0.229. The SMILES string of the molecule is C(C=CC1(C=CC=Cc2ccccc2)c2ccsc2-c2sccc21)=Cc1ccccc1. The van der Waals surface area contributed by atoms with Gasteiger partial charge < -0.3 is 0 Å². The van der Waals surface area contributed by atoms with E-state index in [1.807, 2.05) is 34.8 Å². The van der Waals surface area contributed by atoms with E-state index in [0.717, 1.165) is 0 Å². The average Bonchev–Trinajstić information content (AvgIpc) is 3.53. The molecule has 1 aliphatic rings. The van der Waals surface area contributed by atoms with Gasteiger partial charge in [-0.25, -0.2) is 0 Å². The fraction of sp³-hybridized carbons (Fsp3) is 0.0345. The van der Waals surface area contributed by atoms with Crippen LogP contribution >= 0.6 is 22.7 Å². The predicted octanol–water partition coefficient (Wildman–Crippen LogP) is 8.62. The van der Waals surface area contributed by atoms with Crippen molar-refractivity contribution in [1.29, 1.82) is 0 Å². The molecule has 0 atom stereocenters. The van der Waals surface area contributed by atoms with E-state index in [4.69, 9.17) is 0 Å². The molecule has 150 valence electrons. The minimum Gasteiger partial charge on any atom is -0.143 e. The maximum absolute atomic E-state index is 2.34. The van der Waals surface area contributed by atoms with Gasteiger partial charge in [0.1, 0.15) is 0 Å². The van der Waals surface area contributed by atoms with Crippen molar-refractivity contribution in [3.8, 4) is 9.75 Å². The topological polar surface area (TPSA) is 0 Å². The zero-order chi connectivity index (χ0) is 20.9. The molecule has 2 aromatic carbocycles.